The van der Waals surface area contributed by atoms with Gasteiger partial charge in [0.25, 0.3) is 0 Å². The zero-order chi connectivity index (χ0) is 16.8. The number of nitrogens with zero attached hydrogens (tertiary/aromatic N) is 1. The SMILES string of the molecule is CC1CC1C(=O)N1CCC(C)C1CNC(=O)C1Cc2ccccc21. The van der Waals surface area contributed by atoms with Gasteiger partial charge in [0.2, 0.25) is 11.8 Å². The zero-order valence-corrected chi connectivity index (χ0v) is 14.5. The highest BCUT2D eigenvalue weighted by Crippen LogP contribution is 2.41. The number of likely N-dealkylation sites (tertiary alicyclic amines) is 1. The molecule has 1 aromatic rings. The first-order valence-corrected chi connectivity index (χ1v) is 9.22. The Balaban J connectivity index is 1.36. The van der Waals surface area contributed by atoms with Gasteiger partial charge >= 0.3 is 0 Å². The first-order valence-electron chi connectivity index (χ1n) is 9.22. The van der Waals surface area contributed by atoms with Crippen LogP contribution in [0.2, 0.25) is 0 Å². The van der Waals surface area contributed by atoms with Gasteiger partial charge < -0.3 is 10.2 Å². The Hall–Kier alpha value is -1.84. The number of amides is 2. The molecule has 5 atom stereocenters. The van der Waals surface area contributed by atoms with E-state index in [1.165, 1.54) is 5.56 Å². The summed E-state index contributed by atoms with van der Waals surface area (Å²) >= 11 is 0. The summed E-state index contributed by atoms with van der Waals surface area (Å²) in [6.07, 6.45) is 2.91. The summed E-state index contributed by atoms with van der Waals surface area (Å²) in [5.74, 6) is 1.63. The van der Waals surface area contributed by atoms with Crippen molar-refractivity contribution in [1.29, 1.82) is 0 Å². The lowest BCUT2D eigenvalue weighted by Crippen LogP contribution is -2.47. The third-order valence-electron chi connectivity index (χ3n) is 6.25. The van der Waals surface area contributed by atoms with Gasteiger partial charge in [-0.3, -0.25) is 9.59 Å². The third kappa shape index (κ3) is 2.62. The number of hydrogen-bond acceptors (Lipinski definition) is 2. The van der Waals surface area contributed by atoms with Crippen LogP contribution in [0.25, 0.3) is 0 Å². The van der Waals surface area contributed by atoms with Crippen molar-refractivity contribution in [3.63, 3.8) is 0 Å². The molecule has 0 radical (unpaired) electrons. The molecule has 1 N–H and O–H groups in total. The van der Waals surface area contributed by atoms with Gasteiger partial charge in [0.15, 0.2) is 0 Å². The van der Waals surface area contributed by atoms with Gasteiger partial charge in [-0.15, -0.1) is 0 Å². The second-order valence-corrected chi connectivity index (χ2v) is 7.89. The number of benzene rings is 1. The van der Waals surface area contributed by atoms with E-state index in [1.54, 1.807) is 0 Å². The molecule has 1 saturated carbocycles. The van der Waals surface area contributed by atoms with Crippen LogP contribution in [0.5, 0.6) is 0 Å². The third-order valence-corrected chi connectivity index (χ3v) is 6.25. The number of carbonyl (C=O) groups excluding carboxylic acids is 2. The van der Waals surface area contributed by atoms with Crippen molar-refractivity contribution >= 4 is 11.8 Å². The Morgan fingerprint density at radius 2 is 1.96 bits per heavy atom. The maximum atomic E-state index is 12.6. The molecule has 1 heterocycles. The van der Waals surface area contributed by atoms with E-state index < -0.39 is 0 Å². The highest BCUT2D eigenvalue weighted by atomic mass is 16.2. The van der Waals surface area contributed by atoms with Gasteiger partial charge in [-0.2, -0.15) is 0 Å². The lowest BCUT2D eigenvalue weighted by Gasteiger charge is -2.31. The fourth-order valence-electron chi connectivity index (χ4n) is 4.29. The van der Waals surface area contributed by atoms with Crippen molar-refractivity contribution in [3.05, 3.63) is 35.4 Å². The van der Waals surface area contributed by atoms with Crippen LogP contribution in [-0.2, 0) is 16.0 Å². The Bertz CT molecular complexity index is 671. The van der Waals surface area contributed by atoms with E-state index in [2.05, 4.69) is 25.2 Å². The molecule has 0 aromatic heterocycles. The minimum Gasteiger partial charge on any atom is -0.353 e. The maximum Gasteiger partial charge on any atom is 0.227 e. The minimum absolute atomic E-state index is 0.00878. The molecular weight excluding hydrogens is 300 g/mol. The molecule has 5 unspecified atom stereocenters. The smallest absolute Gasteiger partial charge is 0.227 e. The highest BCUT2D eigenvalue weighted by Gasteiger charge is 2.45. The molecule has 3 aliphatic rings. The molecule has 2 aliphatic carbocycles. The quantitative estimate of drug-likeness (QED) is 0.923. The van der Waals surface area contributed by atoms with Crippen LogP contribution in [0.15, 0.2) is 24.3 Å². The van der Waals surface area contributed by atoms with Crippen LogP contribution in [0.4, 0.5) is 0 Å². The Kier molecular flexibility index (Phi) is 3.86. The summed E-state index contributed by atoms with van der Waals surface area (Å²) in [5.41, 5.74) is 2.45. The second kappa shape index (κ2) is 5.91. The fraction of sp³-hybridized carbons (Fsp3) is 0.600. The molecule has 4 rings (SSSR count). The van der Waals surface area contributed by atoms with Gasteiger partial charge in [0, 0.05) is 19.0 Å². The molecule has 1 aromatic carbocycles. The Labute approximate surface area is 143 Å². The van der Waals surface area contributed by atoms with E-state index in [0.29, 0.717) is 24.3 Å². The topological polar surface area (TPSA) is 49.4 Å². The monoisotopic (exact) mass is 326 g/mol. The number of hydrogen-bond donors (Lipinski definition) is 1. The fourth-order valence-corrected chi connectivity index (χ4v) is 4.29. The van der Waals surface area contributed by atoms with Crippen molar-refractivity contribution in [2.45, 2.75) is 45.1 Å². The first-order chi connectivity index (χ1) is 11.6. The van der Waals surface area contributed by atoms with Crippen molar-refractivity contribution in [2.24, 2.45) is 17.8 Å². The summed E-state index contributed by atoms with van der Waals surface area (Å²) in [4.78, 5) is 27.1. The molecule has 0 spiro atoms. The average Bonchev–Trinajstić information content (AvgIpc) is 3.16. The van der Waals surface area contributed by atoms with Crippen LogP contribution >= 0.6 is 0 Å². The Morgan fingerprint density at radius 3 is 2.67 bits per heavy atom. The summed E-state index contributed by atoms with van der Waals surface area (Å²) in [5, 5.41) is 3.12. The molecule has 128 valence electrons. The van der Waals surface area contributed by atoms with E-state index in [0.717, 1.165) is 31.4 Å². The molecule has 4 nitrogen and oxygen atoms in total. The highest BCUT2D eigenvalue weighted by molar-refractivity contribution is 5.87. The molecule has 2 amide bonds. The van der Waals surface area contributed by atoms with Crippen LogP contribution in [0, 0.1) is 17.8 Å². The predicted octanol–water partition coefficient (Wildman–Crippen LogP) is 2.34. The van der Waals surface area contributed by atoms with Crippen LogP contribution in [0.1, 0.15) is 43.7 Å². The maximum absolute atomic E-state index is 12.6. The summed E-state index contributed by atoms with van der Waals surface area (Å²) in [6, 6.07) is 8.31. The number of rotatable bonds is 4. The largest absolute Gasteiger partial charge is 0.353 e. The van der Waals surface area contributed by atoms with Crippen LogP contribution in [0.3, 0.4) is 0 Å². The number of carbonyl (C=O) groups is 2. The number of nitrogens with one attached hydrogen (secondary N) is 1. The first kappa shape index (κ1) is 15.7. The van der Waals surface area contributed by atoms with E-state index in [-0.39, 0.29) is 23.8 Å². The van der Waals surface area contributed by atoms with E-state index in [1.807, 2.05) is 23.1 Å². The van der Waals surface area contributed by atoms with Gasteiger partial charge in [0.1, 0.15) is 0 Å². The average molecular weight is 326 g/mol. The van der Waals surface area contributed by atoms with Gasteiger partial charge in [-0.05, 0) is 42.2 Å². The lowest BCUT2D eigenvalue weighted by atomic mass is 9.77. The van der Waals surface area contributed by atoms with Crippen molar-refractivity contribution in [3.8, 4) is 0 Å². The van der Waals surface area contributed by atoms with Gasteiger partial charge in [0.05, 0.1) is 12.0 Å². The molecule has 0 bridgehead atoms. The zero-order valence-electron chi connectivity index (χ0n) is 14.5. The molecule has 24 heavy (non-hydrogen) atoms. The van der Waals surface area contributed by atoms with E-state index >= 15 is 0 Å². The minimum atomic E-state index is -0.00878. The summed E-state index contributed by atoms with van der Waals surface area (Å²) in [6.45, 7) is 5.77. The van der Waals surface area contributed by atoms with Gasteiger partial charge in [-0.25, -0.2) is 0 Å². The van der Waals surface area contributed by atoms with E-state index in [4.69, 9.17) is 0 Å². The molecule has 2 fully saturated rings. The molecular formula is C20H26N2O2. The van der Waals surface area contributed by atoms with Crippen molar-refractivity contribution in [1.82, 2.24) is 10.2 Å². The van der Waals surface area contributed by atoms with Crippen LogP contribution < -0.4 is 5.32 Å². The Morgan fingerprint density at radius 1 is 1.21 bits per heavy atom. The summed E-state index contributed by atoms with van der Waals surface area (Å²) < 4.78 is 0. The van der Waals surface area contributed by atoms with Gasteiger partial charge in [-0.1, -0.05) is 38.1 Å². The molecule has 4 heteroatoms. The normalized spacial score (nSPS) is 33.6. The van der Waals surface area contributed by atoms with Crippen LogP contribution in [-0.4, -0.2) is 35.8 Å². The molecule has 1 saturated heterocycles. The molecule has 1 aliphatic heterocycles. The standard InChI is InChI=1S/C20H26N2O2/c1-12-7-8-22(20(24)16-9-13(16)2)18(12)11-21-19(23)17-10-14-5-3-4-6-15(14)17/h3-6,12-13,16-18H,7-11H2,1-2H3,(H,21,23). The second-order valence-electron chi connectivity index (χ2n) is 7.89. The predicted molar refractivity (Wildman–Crippen MR) is 92.4 cm³/mol. The number of fused-ring (bicyclic) bond motifs is 1. The van der Waals surface area contributed by atoms with E-state index in [9.17, 15) is 9.59 Å². The van der Waals surface area contributed by atoms with Crippen molar-refractivity contribution < 1.29 is 9.59 Å². The lowest BCUT2D eigenvalue weighted by molar-refractivity contribution is -0.134. The van der Waals surface area contributed by atoms with Crippen molar-refractivity contribution in [2.75, 3.05) is 13.1 Å². The summed E-state index contributed by atoms with van der Waals surface area (Å²) in [7, 11) is 0.